The molecule has 0 aliphatic rings. The maximum atomic E-state index is 6.46. The zero-order chi connectivity index (χ0) is 12.3. The van der Waals surface area contributed by atoms with E-state index in [1.807, 2.05) is 11.3 Å². The van der Waals surface area contributed by atoms with E-state index in [1.165, 1.54) is 16.0 Å². The summed E-state index contributed by atoms with van der Waals surface area (Å²) in [5, 5.41) is 2.12. The van der Waals surface area contributed by atoms with Crippen LogP contribution >= 0.6 is 11.3 Å². The smallest absolute Gasteiger partial charge is 0.0387 e. The Morgan fingerprint density at radius 1 is 1.18 bits per heavy atom. The minimum atomic E-state index is -0.241. The molecule has 0 saturated carbocycles. The molecule has 90 valence electrons. The van der Waals surface area contributed by atoms with Crippen molar-refractivity contribution in [1.82, 2.24) is 0 Å². The van der Waals surface area contributed by atoms with Crippen molar-refractivity contribution in [3.63, 3.8) is 0 Å². The van der Waals surface area contributed by atoms with Gasteiger partial charge < -0.3 is 5.73 Å². The molecule has 0 spiro atoms. The number of thiophene rings is 1. The maximum Gasteiger partial charge on any atom is 0.0387 e. The van der Waals surface area contributed by atoms with E-state index in [0.29, 0.717) is 0 Å². The summed E-state index contributed by atoms with van der Waals surface area (Å²) in [5.74, 6) is 0. The Kier molecular flexibility index (Phi) is 3.65. The van der Waals surface area contributed by atoms with Gasteiger partial charge >= 0.3 is 0 Å². The zero-order valence-corrected chi connectivity index (χ0v) is 11.3. The molecule has 1 aromatic carbocycles. The molecule has 1 aromatic heterocycles. The summed E-state index contributed by atoms with van der Waals surface area (Å²) in [4.78, 5) is 1.41. The lowest BCUT2D eigenvalue weighted by molar-refractivity contribution is 0.452. The average Bonchev–Trinajstić information content (AvgIpc) is 2.80. The topological polar surface area (TPSA) is 26.0 Å². The molecule has 1 nitrogen and oxygen atoms in total. The first-order valence-electron chi connectivity index (χ1n) is 5.97. The minimum Gasteiger partial charge on any atom is -0.322 e. The van der Waals surface area contributed by atoms with Gasteiger partial charge in [-0.15, -0.1) is 11.3 Å². The standard InChI is InChI=1S/C15H19NS/c1-12-6-3-4-8-14(12)15(2,16)10-9-13-7-5-11-17-13/h3-8,11H,9-10,16H2,1-2H3. The highest BCUT2D eigenvalue weighted by Crippen LogP contribution is 2.27. The predicted molar refractivity (Wildman–Crippen MR) is 75.4 cm³/mol. The number of nitrogens with two attached hydrogens (primary N) is 1. The second-order valence-electron chi connectivity index (χ2n) is 4.81. The lowest BCUT2D eigenvalue weighted by Gasteiger charge is -2.27. The first kappa shape index (κ1) is 12.3. The quantitative estimate of drug-likeness (QED) is 0.869. The number of aryl methyl sites for hydroxylation is 2. The molecule has 1 unspecified atom stereocenters. The summed E-state index contributed by atoms with van der Waals surface area (Å²) in [7, 11) is 0. The summed E-state index contributed by atoms with van der Waals surface area (Å²) in [6.07, 6.45) is 2.04. The van der Waals surface area contributed by atoms with Crippen molar-refractivity contribution in [3.8, 4) is 0 Å². The Labute approximate surface area is 107 Å². The van der Waals surface area contributed by atoms with Crippen molar-refractivity contribution in [3.05, 3.63) is 57.8 Å². The van der Waals surface area contributed by atoms with Crippen LogP contribution in [0.4, 0.5) is 0 Å². The minimum absolute atomic E-state index is 0.241. The van der Waals surface area contributed by atoms with Crippen LogP contribution in [-0.2, 0) is 12.0 Å². The van der Waals surface area contributed by atoms with Crippen LogP contribution in [0.2, 0.25) is 0 Å². The van der Waals surface area contributed by atoms with Gasteiger partial charge in [0.15, 0.2) is 0 Å². The Bertz CT molecular complexity index is 471. The van der Waals surface area contributed by atoms with Gasteiger partial charge in [0.25, 0.3) is 0 Å². The first-order valence-corrected chi connectivity index (χ1v) is 6.85. The third-order valence-corrected chi connectivity index (χ3v) is 4.17. The highest BCUT2D eigenvalue weighted by atomic mass is 32.1. The van der Waals surface area contributed by atoms with Crippen LogP contribution in [0, 0.1) is 6.92 Å². The Hall–Kier alpha value is -1.12. The average molecular weight is 245 g/mol. The number of benzene rings is 1. The Balaban J connectivity index is 2.11. The van der Waals surface area contributed by atoms with Crippen LogP contribution in [0.5, 0.6) is 0 Å². The molecule has 1 atom stereocenters. The molecule has 0 amide bonds. The fourth-order valence-electron chi connectivity index (χ4n) is 2.19. The van der Waals surface area contributed by atoms with E-state index in [4.69, 9.17) is 5.73 Å². The zero-order valence-electron chi connectivity index (χ0n) is 10.4. The van der Waals surface area contributed by atoms with Crippen molar-refractivity contribution in [2.24, 2.45) is 5.73 Å². The van der Waals surface area contributed by atoms with Crippen LogP contribution < -0.4 is 5.73 Å². The molecule has 2 N–H and O–H groups in total. The maximum absolute atomic E-state index is 6.46. The highest BCUT2D eigenvalue weighted by Gasteiger charge is 2.22. The molecule has 0 fully saturated rings. The van der Waals surface area contributed by atoms with Gasteiger partial charge in [0.1, 0.15) is 0 Å². The first-order chi connectivity index (χ1) is 8.09. The molecular formula is C15H19NS. The van der Waals surface area contributed by atoms with Gasteiger partial charge in [0, 0.05) is 10.4 Å². The van der Waals surface area contributed by atoms with E-state index in [9.17, 15) is 0 Å². The number of hydrogen-bond donors (Lipinski definition) is 1. The third kappa shape index (κ3) is 2.96. The normalized spacial score (nSPS) is 14.5. The molecule has 1 heterocycles. The highest BCUT2D eigenvalue weighted by molar-refractivity contribution is 7.09. The number of rotatable bonds is 4. The fourth-order valence-corrected chi connectivity index (χ4v) is 2.90. The summed E-state index contributed by atoms with van der Waals surface area (Å²) in [5.41, 5.74) is 8.76. The van der Waals surface area contributed by atoms with Gasteiger partial charge in [-0.1, -0.05) is 30.3 Å². The molecule has 0 bridgehead atoms. The van der Waals surface area contributed by atoms with E-state index in [0.717, 1.165) is 12.8 Å². The molecule has 2 aromatic rings. The SMILES string of the molecule is Cc1ccccc1C(C)(N)CCc1cccs1. The van der Waals surface area contributed by atoms with Crippen molar-refractivity contribution < 1.29 is 0 Å². The lowest BCUT2D eigenvalue weighted by Crippen LogP contribution is -2.34. The van der Waals surface area contributed by atoms with Gasteiger partial charge in [0.2, 0.25) is 0 Å². The van der Waals surface area contributed by atoms with Crippen LogP contribution in [0.15, 0.2) is 41.8 Å². The summed E-state index contributed by atoms with van der Waals surface area (Å²) < 4.78 is 0. The second kappa shape index (κ2) is 5.03. The van der Waals surface area contributed by atoms with E-state index >= 15 is 0 Å². The van der Waals surface area contributed by atoms with Crippen molar-refractivity contribution in [2.75, 3.05) is 0 Å². The summed E-state index contributed by atoms with van der Waals surface area (Å²) in [6.45, 7) is 4.26. The van der Waals surface area contributed by atoms with E-state index in [1.54, 1.807) is 0 Å². The molecule has 17 heavy (non-hydrogen) atoms. The van der Waals surface area contributed by atoms with Crippen LogP contribution in [0.25, 0.3) is 0 Å². The predicted octanol–water partition coefficient (Wildman–Crippen LogP) is 3.86. The molecular weight excluding hydrogens is 226 g/mol. The summed E-state index contributed by atoms with van der Waals surface area (Å²) in [6, 6.07) is 12.7. The lowest BCUT2D eigenvalue weighted by atomic mass is 9.85. The molecule has 2 rings (SSSR count). The molecule has 0 aliphatic heterocycles. The van der Waals surface area contributed by atoms with E-state index in [2.05, 4.69) is 55.6 Å². The van der Waals surface area contributed by atoms with Crippen LogP contribution in [0.3, 0.4) is 0 Å². The van der Waals surface area contributed by atoms with Gasteiger partial charge in [0.05, 0.1) is 0 Å². The molecule has 0 saturated heterocycles. The number of hydrogen-bond acceptors (Lipinski definition) is 2. The third-order valence-electron chi connectivity index (χ3n) is 3.23. The molecule has 2 heteroatoms. The monoisotopic (exact) mass is 245 g/mol. The van der Waals surface area contributed by atoms with E-state index in [-0.39, 0.29) is 5.54 Å². The van der Waals surface area contributed by atoms with Crippen molar-refractivity contribution in [2.45, 2.75) is 32.2 Å². The largest absolute Gasteiger partial charge is 0.322 e. The summed E-state index contributed by atoms with van der Waals surface area (Å²) >= 11 is 1.81. The van der Waals surface area contributed by atoms with Crippen LogP contribution in [0.1, 0.15) is 29.3 Å². The fraction of sp³-hybridized carbons (Fsp3) is 0.333. The van der Waals surface area contributed by atoms with Gasteiger partial charge in [-0.3, -0.25) is 0 Å². The second-order valence-corrected chi connectivity index (χ2v) is 5.84. The molecule has 0 radical (unpaired) electrons. The Morgan fingerprint density at radius 2 is 1.94 bits per heavy atom. The van der Waals surface area contributed by atoms with Gasteiger partial charge in [-0.25, -0.2) is 0 Å². The van der Waals surface area contributed by atoms with Gasteiger partial charge in [-0.2, -0.15) is 0 Å². The Morgan fingerprint density at radius 3 is 2.59 bits per heavy atom. The van der Waals surface area contributed by atoms with Crippen molar-refractivity contribution >= 4 is 11.3 Å². The van der Waals surface area contributed by atoms with Crippen molar-refractivity contribution in [1.29, 1.82) is 0 Å². The van der Waals surface area contributed by atoms with Gasteiger partial charge in [-0.05, 0) is 49.3 Å². The van der Waals surface area contributed by atoms with Crippen LogP contribution in [-0.4, -0.2) is 0 Å². The molecule has 0 aliphatic carbocycles. The van der Waals surface area contributed by atoms with E-state index < -0.39 is 0 Å².